The van der Waals surface area contributed by atoms with Gasteiger partial charge in [0.1, 0.15) is 0 Å². The lowest BCUT2D eigenvalue weighted by Crippen LogP contribution is -2.36. The Morgan fingerprint density at radius 2 is 1.96 bits per heavy atom. The van der Waals surface area contributed by atoms with Crippen molar-refractivity contribution in [2.45, 2.75) is 25.4 Å². The van der Waals surface area contributed by atoms with E-state index in [0.29, 0.717) is 37.0 Å². The second kappa shape index (κ2) is 7.00. The number of aromatic nitrogens is 2. The van der Waals surface area contributed by atoms with Crippen LogP contribution in [0.1, 0.15) is 29.6 Å². The van der Waals surface area contributed by atoms with Crippen LogP contribution in [0.5, 0.6) is 0 Å². The lowest BCUT2D eigenvalue weighted by atomic mass is 9.93. The molecule has 0 radical (unpaired) electrons. The number of hydrogen-bond acceptors (Lipinski definition) is 4. The Kier molecular flexibility index (Phi) is 4.64. The van der Waals surface area contributed by atoms with E-state index >= 15 is 0 Å². The Labute approximate surface area is 159 Å². The van der Waals surface area contributed by atoms with Crippen molar-refractivity contribution in [2.24, 2.45) is 5.92 Å². The van der Waals surface area contributed by atoms with Crippen LogP contribution in [0.2, 0.25) is 0 Å². The molecule has 8 heteroatoms. The van der Waals surface area contributed by atoms with Crippen molar-refractivity contribution >= 4 is 28.3 Å². The molecule has 0 spiro atoms. The number of methoxy groups -OCH3 is 1. The molecule has 1 saturated heterocycles. The van der Waals surface area contributed by atoms with Gasteiger partial charge in [0.05, 0.1) is 29.2 Å². The van der Waals surface area contributed by atoms with Gasteiger partial charge in [0.25, 0.3) is 0 Å². The summed E-state index contributed by atoms with van der Waals surface area (Å²) < 4.78 is 44.8. The van der Waals surface area contributed by atoms with E-state index < -0.39 is 18.6 Å². The van der Waals surface area contributed by atoms with Gasteiger partial charge in [-0.1, -0.05) is 0 Å². The molecule has 1 aliphatic rings. The predicted octanol–water partition coefficient (Wildman–Crippen LogP) is 4.44. The molecule has 28 heavy (non-hydrogen) atoms. The molecule has 1 aliphatic heterocycles. The van der Waals surface area contributed by atoms with Crippen molar-refractivity contribution < 1.29 is 22.7 Å². The van der Waals surface area contributed by atoms with E-state index in [-0.39, 0.29) is 5.92 Å². The van der Waals surface area contributed by atoms with Crippen LogP contribution in [-0.2, 0) is 4.74 Å². The summed E-state index contributed by atoms with van der Waals surface area (Å²) >= 11 is 0. The summed E-state index contributed by atoms with van der Waals surface area (Å²) in [7, 11) is 1.33. The van der Waals surface area contributed by atoms with Crippen molar-refractivity contribution in [1.29, 1.82) is 0 Å². The van der Waals surface area contributed by atoms with Gasteiger partial charge in [0, 0.05) is 25.7 Å². The lowest BCUT2D eigenvalue weighted by molar-refractivity contribution is -0.145. The molecule has 0 amide bonds. The number of fused-ring (bicyclic) bond motifs is 3. The number of anilines is 1. The molecule has 3 heterocycles. The topological polar surface area (TPSA) is 46.8 Å². The highest BCUT2D eigenvalue weighted by molar-refractivity contribution is 5.95. The number of nitrogens with zero attached hydrogens (tertiary/aromatic N) is 3. The van der Waals surface area contributed by atoms with E-state index in [0.717, 1.165) is 16.9 Å². The van der Waals surface area contributed by atoms with E-state index in [4.69, 9.17) is 9.72 Å². The average molecular weight is 391 g/mol. The summed E-state index contributed by atoms with van der Waals surface area (Å²) in [6.07, 6.45) is -1.97. The van der Waals surface area contributed by atoms with Gasteiger partial charge in [0.2, 0.25) is 0 Å². The second-order valence-electron chi connectivity index (χ2n) is 7.14. The molecular formula is C20H20F3N3O2. The highest BCUT2D eigenvalue weighted by Crippen LogP contribution is 2.34. The van der Waals surface area contributed by atoms with Crippen molar-refractivity contribution in [3.8, 4) is 0 Å². The number of alkyl halides is 3. The van der Waals surface area contributed by atoms with Gasteiger partial charge in [0.15, 0.2) is 5.82 Å². The predicted molar refractivity (Wildman–Crippen MR) is 99.6 cm³/mol. The van der Waals surface area contributed by atoms with E-state index in [1.807, 2.05) is 33.7 Å². The van der Waals surface area contributed by atoms with Crippen LogP contribution in [0.3, 0.4) is 0 Å². The number of halogens is 3. The van der Waals surface area contributed by atoms with Gasteiger partial charge in [-0.2, -0.15) is 13.2 Å². The fourth-order valence-electron chi connectivity index (χ4n) is 3.92. The molecule has 1 aromatic carbocycles. The highest BCUT2D eigenvalue weighted by Gasteiger charge is 2.34. The molecule has 0 bridgehead atoms. The number of carbonyl (C=O) groups excluding carboxylic acids is 1. The number of benzene rings is 1. The minimum atomic E-state index is -4.12. The van der Waals surface area contributed by atoms with Gasteiger partial charge in [-0.3, -0.25) is 0 Å². The Morgan fingerprint density at radius 3 is 2.64 bits per heavy atom. The Balaban J connectivity index is 1.68. The standard InChI is InChI=1S/C20H20F3N3O2/c1-28-19(27)14-4-5-16-15(11-14)24-18(17-3-2-8-26(16)17)25-9-6-13(7-10-25)12-20(21,22)23/h2-5,8,11,13H,6-7,9-10,12H2,1H3. The largest absolute Gasteiger partial charge is 0.465 e. The first-order valence-electron chi connectivity index (χ1n) is 9.16. The zero-order chi connectivity index (χ0) is 19.9. The van der Waals surface area contributed by atoms with Crippen molar-refractivity contribution in [3.63, 3.8) is 0 Å². The number of carbonyl (C=O) groups is 1. The maximum Gasteiger partial charge on any atom is 0.389 e. The van der Waals surface area contributed by atoms with E-state index in [1.54, 1.807) is 12.1 Å². The molecule has 3 aromatic rings. The number of ether oxygens (including phenoxy) is 1. The van der Waals surface area contributed by atoms with Crippen molar-refractivity contribution in [2.75, 3.05) is 25.1 Å². The first kappa shape index (κ1) is 18.6. The number of rotatable bonds is 3. The Bertz CT molecular complexity index is 1020. The molecular weight excluding hydrogens is 371 g/mol. The number of esters is 1. The molecule has 0 unspecified atom stereocenters. The van der Waals surface area contributed by atoms with Crippen LogP contribution in [0, 0.1) is 5.92 Å². The molecule has 0 saturated carbocycles. The maximum absolute atomic E-state index is 12.7. The molecule has 148 valence electrons. The van der Waals surface area contributed by atoms with E-state index in [2.05, 4.69) is 0 Å². The molecule has 2 aromatic heterocycles. The van der Waals surface area contributed by atoms with Crippen LogP contribution in [-0.4, -0.2) is 41.7 Å². The minimum absolute atomic E-state index is 0.342. The number of piperidine rings is 1. The molecule has 0 aliphatic carbocycles. The molecule has 0 atom stereocenters. The Hall–Kier alpha value is -2.77. The van der Waals surface area contributed by atoms with E-state index in [9.17, 15) is 18.0 Å². The number of hydrogen-bond donors (Lipinski definition) is 0. The molecule has 0 N–H and O–H groups in total. The third-order valence-electron chi connectivity index (χ3n) is 5.29. The summed E-state index contributed by atoms with van der Waals surface area (Å²) in [5.41, 5.74) is 2.79. The third kappa shape index (κ3) is 3.50. The monoisotopic (exact) mass is 391 g/mol. The minimum Gasteiger partial charge on any atom is -0.465 e. The fourth-order valence-corrected chi connectivity index (χ4v) is 3.92. The highest BCUT2D eigenvalue weighted by atomic mass is 19.4. The maximum atomic E-state index is 12.7. The van der Waals surface area contributed by atoms with Gasteiger partial charge in [-0.25, -0.2) is 9.78 Å². The summed E-state index contributed by atoms with van der Waals surface area (Å²) in [6.45, 7) is 1.05. The van der Waals surface area contributed by atoms with Crippen molar-refractivity contribution in [1.82, 2.24) is 9.38 Å². The van der Waals surface area contributed by atoms with Crippen LogP contribution >= 0.6 is 0 Å². The van der Waals surface area contributed by atoms with Gasteiger partial charge in [-0.15, -0.1) is 0 Å². The first-order valence-corrected chi connectivity index (χ1v) is 9.16. The quantitative estimate of drug-likeness (QED) is 0.619. The molecule has 4 rings (SSSR count). The van der Waals surface area contributed by atoms with Crippen LogP contribution < -0.4 is 4.90 Å². The Morgan fingerprint density at radius 1 is 1.21 bits per heavy atom. The average Bonchev–Trinajstić information content (AvgIpc) is 3.15. The SMILES string of the molecule is COC(=O)c1ccc2c(c1)nc(N1CCC(CC(F)(F)F)CC1)c1cccn12. The second-order valence-corrected chi connectivity index (χ2v) is 7.14. The zero-order valence-electron chi connectivity index (χ0n) is 15.4. The summed E-state index contributed by atoms with van der Waals surface area (Å²) in [4.78, 5) is 18.6. The van der Waals surface area contributed by atoms with Gasteiger partial charge >= 0.3 is 12.1 Å². The smallest absolute Gasteiger partial charge is 0.389 e. The van der Waals surface area contributed by atoms with Crippen molar-refractivity contribution in [3.05, 3.63) is 42.1 Å². The normalized spacial score (nSPS) is 16.1. The van der Waals surface area contributed by atoms with Gasteiger partial charge < -0.3 is 14.0 Å². The summed E-state index contributed by atoms with van der Waals surface area (Å²) in [5, 5.41) is 0. The molecule has 5 nitrogen and oxygen atoms in total. The first-order chi connectivity index (χ1) is 13.4. The zero-order valence-corrected chi connectivity index (χ0v) is 15.4. The fraction of sp³-hybridized carbons (Fsp3) is 0.400. The lowest BCUT2D eigenvalue weighted by Gasteiger charge is -2.33. The summed E-state index contributed by atoms with van der Waals surface area (Å²) in [5.74, 6) is -0.0544. The van der Waals surface area contributed by atoms with Crippen LogP contribution in [0.15, 0.2) is 36.5 Å². The van der Waals surface area contributed by atoms with Crippen LogP contribution in [0.25, 0.3) is 16.6 Å². The summed E-state index contributed by atoms with van der Waals surface area (Å²) in [6, 6.07) is 9.04. The van der Waals surface area contributed by atoms with E-state index in [1.165, 1.54) is 7.11 Å². The molecule has 1 fully saturated rings. The third-order valence-corrected chi connectivity index (χ3v) is 5.29. The van der Waals surface area contributed by atoms with Gasteiger partial charge in [-0.05, 0) is 49.1 Å². The van der Waals surface area contributed by atoms with Crippen LogP contribution in [0.4, 0.5) is 19.0 Å².